The fourth-order valence-electron chi connectivity index (χ4n) is 0.427. The van der Waals surface area contributed by atoms with Crippen molar-refractivity contribution in [3.8, 4) is 0 Å². The second kappa shape index (κ2) is 1.81. The van der Waals surface area contributed by atoms with Crippen LogP contribution < -0.4 is 11.5 Å². The van der Waals surface area contributed by atoms with Gasteiger partial charge in [0.2, 0.25) is 0 Å². The smallest absolute Gasteiger partial charge is 0.194 e. The molecule has 1 fully saturated rings. The van der Waals surface area contributed by atoms with Gasteiger partial charge >= 0.3 is 0 Å². The maximum absolute atomic E-state index is 10.5. The third-order valence-electron chi connectivity index (χ3n) is 0.979. The van der Waals surface area contributed by atoms with Gasteiger partial charge in [-0.25, -0.2) is 0 Å². The van der Waals surface area contributed by atoms with E-state index in [1.807, 2.05) is 0 Å². The lowest BCUT2D eigenvalue weighted by Crippen LogP contribution is -2.41. The molecule has 0 aromatic heterocycles. The molecular formula is C4H8N2O2. The summed E-state index contributed by atoms with van der Waals surface area (Å²) >= 11 is 0. The van der Waals surface area contributed by atoms with Crippen LogP contribution in [0.1, 0.15) is 0 Å². The minimum atomic E-state index is -0.859. The van der Waals surface area contributed by atoms with E-state index in [-0.39, 0.29) is 11.9 Å². The summed E-state index contributed by atoms with van der Waals surface area (Å²) in [5, 5.41) is 0. The molecule has 4 N–H and O–H groups in total. The largest absolute Gasteiger partial charge is 0.365 e. The topological polar surface area (TPSA) is 81.6 Å². The van der Waals surface area contributed by atoms with Crippen molar-refractivity contribution in [2.75, 3.05) is 6.61 Å². The summed E-state index contributed by atoms with van der Waals surface area (Å²) in [5.41, 5.74) is 10.1. The Morgan fingerprint density at radius 2 is 2.25 bits per heavy atom. The van der Waals surface area contributed by atoms with Gasteiger partial charge < -0.3 is 16.2 Å². The van der Waals surface area contributed by atoms with Crippen LogP contribution in [0.15, 0.2) is 0 Å². The van der Waals surface area contributed by atoms with Crippen molar-refractivity contribution in [2.45, 2.75) is 12.3 Å². The number of carbonyl (C=O) groups is 1. The van der Waals surface area contributed by atoms with E-state index < -0.39 is 6.17 Å². The predicted octanol–water partition coefficient (Wildman–Crippen LogP) is -1.80. The summed E-state index contributed by atoms with van der Waals surface area (Å²) in [6, 6.07) is 0. The highest BCUT2D eigenvalue weighted by Crippen LogP contribution is 2.09. The van der Waals surface area contributed by atoms with Gasteiger partial charge in [0.25, 0.3) is 0 Å². The molecule has 0 aliphatic carbocycles. The molecule has 1 heterocycles. The second-order valence-electron chi connectivity index (χ2n) is 1.75. The van der Waals surface area contributed by atoms with E-state index in [0.717, 1.165) is 0 Å². The number of epoxide rings is 1. The number of hydrogen-bond donors (Lipinski definition) is 2. The van der Waals surface area contributed by atoms with E-state index in [9.17, 15) is 4.79 Å². The average Bonchev–Trinajstić information content (AvgIpc) is 2.43. The molecular weight excluding hydrogens is 108 g/mol. The lowest BCUT2D eigenvalue weighted by Gasteiger charge is -1.97. The van der Waals surface area contributed by atoms with E-state index in [2.05, 4.69) is 4.74 Å². The van der Waals surface area contributed by atoms with E-state index in [0.29, 0.717) is 6.61 Å². The Morgan fingerprint density at radius 3 is 2.38 bits per heavy atom. The zero-order valence-electron chi connectivity index (χ0n) is 4.33. The molecule has 1 unspecified atom stereocenters. The molecule has 8 heavy (non-hydrogen) atoms. The SMILES string of the molecule is NC(N)C(=O)C1CO1. The first-order valence-electron chi connectivity index (χ1n) is 2.38. The van der Waals surface area contributed by atoms with Crippen molar-refractivity contribution in [1.29, 1.82) is 0 Å². The van der Waals surface area contributed by atoms with Crippen LogP contribution in [-0.2, 0) is 9.53 Å². The van der Waals surface area contributed by atoms with Crippen LogP contribution >= 0.6 is 0 Å². The Labute approximate surface area is 46.8 Å². The van der Waals surface area contributed by atoms with Crippen molar-refractivity contribution in [2.24, 2.45) is 11.5 Å². The Kier molecular flexibility index (Phi) is 1.29. The molecule has 1 saturated heterocycles. The summed E-state index contributed by atoms with van der Waals surface area (Å²) in [4.78, 5) is 10.5. The van der Waals surface area contributed by atoms with Gasteiger partial charge in [0.15, 0.2) is 5.78 Å². The Morgan fingerprint density at radius 1 is 1.75 bits per heavy atom. The highest BCUT2D eigenvalue weighted by atomic mass is 16.6. The molecule has 4 heteroatoms. The summed E-state index contributed by atoms with van der Waals surface area (Å²) in [6.45, 7) is 0.490. The van der Waals surface area contributed by atoms with E-state index in [1.165, 1.54) is 0 Å². The number of ether oxygens (including phenoxy) is 1. The van der Waals surface area contributed by atoms with Gasteiger partial charge in [-0.1, -0.05) is 0 Å². The number of nitrogens with two attached hydrogens (primary N) is 2. The lowest BCUT2D eigenvalue weighted by molar-refractivity contribution is -0.121. The quantitative estimate of drug-likeness (QED) is 0.329. The van der Waals surface area contributed by atoms with E-state index in [4.69, 9.17) is 11.5 Å². The molecule has 0 aromatic rings. The van der Waals surface area contributed by atoms with Gasteiger partial charge in [0.05, 0.1) is 6.61 Å². The molecule has 1 atom stereocenters. The Bertz CT molecular complexity index is 105. The number of ketones is 1. The van der Waals surface area contributed by atoms with Gasteiger partial charge in [-0.3, -0.25) is 4.79 Å². The number of Topliss-reactive ketones (excluding diaryl/α,β-unsaturated/α-hetero) is 1. The van der Waals surface area contributed by atoms with Gasteiger partial charge in [-0.05, 0) is 0 Å². The maximum atomic E-state index is 10.5. The fourth-order valence-corrected chi connectivity index (χ4v) is 0.427. The Balaban J connectivity index is 2.33. The zero-order chi connectivity index (χ0) is 6.15. The summed E-state index contributed by atoms with van der Waals surface area (Å²) in [6.07, 6.45) is -1.16. The lowest BCUT2D eigenvalue weighted by atomic mass is 10.2. The Hall–Kier alpha value is -0.450. The normalized spacial score (nSPS) is 26.1. The molecule has 0 bridgehead atoms. The molecule has 0 spiro atoms. The number of carbonyl (C=O) groups excluding carboxylic acids is 1. The predicted molar refractivity (Wildman–Crippen MR) is 26.9 cm³/mol. The zero-order valence-corrected chi connectivity index (χ0v) is 4.33. The van der Waals surface area contributed by atoms with Crippen LogP contribution in [0.5, 0.6) is 0 Å². The third-order valence-corrected chi connectivity index (χ3v) is 0.979. The minimum absolute atomic E-state index is 0.204. The molecule has 0 amide bonds. The van der Waals surface area contributed by atoms with Crippen LogP contribution in [0.25, 0.3) is 0 Å². The number of hydrogen-bond acceptors (Lipinski definition) is 4. The summed E-state index contributed by atoms with van der Waals surface area (Å²) in [7, 11) is 0. The van der Waals surface area contributed by atoms with Crippen molar-refractivity contribution in [3.05, 3.63) is 0 Å². The third kappa shape index (κ3) is 1.03. The monoisotopic (exact) mass is 116 g/mol. The van der Waals surface area contributed by atoms with Crippen molar-refractivity contribution in [1.82, 2.24) is 0 Å². The molecule has 4 nitrogen and oxygen atoms in total. The minimum Gasteiger partial charge on any atom is -0.365 e. The first-order chi connectivity index (χ1) is 3.72. The highest BCUT2D eigenvalue weighted by molar-refractivity contribution is 5.89. The van der Waals surface area contributed by atoms with Gasteiger partial charge in [-0.2, -0.15) is 0 Å². The standard InChI is InChI=1S/C4H8N2O2/c5-4(6)3(7)2-1-8-2/h2,4H,1,5-6H2. The number of rotatable bonds is 2. The first-order valence-corrected chi connectivity index (χ1v) is 2.38. The molecule has 0 radical (unpaired) electrons. The fraction of sp³-hybridized carbons (Fsp3) is 0.750. The molecule has 1 aliphatic rings. The molecule has 0 saturated carbocycles. The van der Waals surface area contributed by atoms with Crippen molar-refractivity contribution >= 4 is 5.78 Å². The summed E-state index contributed by atoms with van der Waals surface area (Å²) < 4.78 is 4.62. The van der Waals surface area contributed by atoms with Gasteiger partial charge in [0, 0.05) is 0 Å². The van der Waals surface area contributed by atoms with Gasteiger partial charge in [0.1, 0.15) is 12.3 Å². The second-order valence-corrected chi connectivity index (χ2v) is 1.75. The van der Waals surface area contributed by atoms with Crippen LogP contribution in [-0.4, -0.2) is 24.7 Å². The average molecular weight is 116 g/mol. The molecule has 1 aliphatic heterocycles. The van der Waals surface area contributed by atoms with Crippen LogP contribution in [0.2, 0.25) is 0 Å². The molecule has 1 rings (SSSR count). The van der Waals surface area contributed by atoms with Crippen LogP contribution in [0.3, 0.4) is 0 Å². The first kappa shape index (κ1) is 5.68. The van der Waals surface area contributed by atoms with Crippen molar-refractivity contribution in [3.63, 3.8) is 0 Å². The van der Waals surface area contributed by atoms with Crippen LogP contribution in [0.4, 0.5) is 0 Å². The summed E-state index contributed by atoms with van der Waals surface area (Å²) in [5.74, 6) is -0.204. The van der Waals surface area contributed by atoms with Gasteiger partial charge in [-0.15, -0.1) is 0 Å². The molecule has 46 valence electrons. The highest BCUT2D eigenvalue weighted by Gasteiger charge is 2.33. The van der Waals surface area contributed by atoms with E-state index >= 15 is 0 Å². The van der Waals surface area contributed by atoms with E-state index in [1.54, 1.807) is 0 Å². The van der Waals surface area contributed by atoms with Crippen molar-refractivity contribution < 1.29 is 9.53 Å². The molecule has 0 aromatic carbocycles. The van der Waals surface area contributed by atoms with Crippen LogP contribution in [0, 0.1) is 0 Å². The maximum Gasteiger partial charge on any atom is 0.194 e.